The molecule has 0 radical (unpaired) electrons. The second-order valence-electron chi connectivity index (χ2n) is 13.2. The fraction of sp³-hybridized carbons (Fsp3) is 0.710. The first-order valence-corrected chi connectivity index (χ1v) is 13.6. The van der Waals surface area contributed by atoms with E-state index in [1.165, 1.54) is 12.7 Å². The summed E-state index contributed by atoms with van der Waals surface area (Å²) in [5.41, 5.74) is 1.21. The predicted octanol–water partition coefficient (Wildman–Crippen LogP) is 5.77. The molecule has 7 atom stereocenters. The van der Waals surface area contributed by atoms with E-state index in [1.54, 1.807) is 13.0 Å². The molecule has 1 saturated carbocycles. The van der Waals surface area contributed by atoms with Crippen molar-refractivity contribution in [3.63, 3.8) is 0 Å². The second kappa shape index (κ2) is 8.79. The quantitative estimate of drug-likeness (QED) is 0.386. The minimum Gasteiger partial charge on any atom is -0.466 e. The zero-order valence-corrected chi connectivity index (χ0v) is 23.4. The van der Waals surface area contributed by atoms with Crippen molar-refractivity contribution in [1.82, 2.24) is 0 Å². The van der Waals surface area contributed by atoms with Crippen LogP contribution in [-0.2, 0) is 19.1 Å². The molecule has 0 unspecified atom stereocenters. The molecular formula is C31H44O5. The number of rotatable bonds is 5. The lowest BCUT2D eigenvalue weighted by atomic mass is 9.44. The number of carbonyl (C=O) groups is 3. The maximum Gasteiger partial charge on any atom is 0.333 e. The molecule has 4 aliphatic carbocycles. The van der Waals surface area contributed by atoms with Crippen LogP contribution < -0.4 is 0 Å². The van der Waals surface area contributed by atoms with Gasteiger partial charge in [0.25, 0.3) is 0 Å². The van der Waals surface area contributed by atoms with Crippen LogP contribution in [0, 0.1) is 39.4 Å². The van der Waals surface area contributed by atoms with E-state index < -0.39 is 16.9 Å². The molecule has 0 bridgehead atoms. The van der Waals surface area contributed by atoms with Crippen LogP contribution in [0.4, 0.5) is 0 Å². The molecule has 1 N–H and O–H groups in total. The number of ether oxygens (including phenoxy) is 1. The lowest BCUT2D eigenvalue weighted by molar-refractivity contribution is -0.136. The molecule has 5 nitrogen and oxygen atoms in total. The molecule has 0 aromatic carbocycles. The SMILES string of the molecule is COC(=O)C(C)=CCC[C@@H](C)[C@H]1[C@@H](O)C[C@@]2(C)C3=C(C(=O)C[C@]12C)[C@@]1(C)C=CC(=O)C(C)(C)[C@@H]1CC3. The Balaban J connectivity index is 1.70. The van der Waals surface area contributed by atoms with E-state index in [9.17, 15) is 19.5 Å². The molecule has 0 heterocycles. The molecule has 0 aromatic heterocycles. The van der Waals surface area contributed by atoms with Gasteiger partial charge in [0.05, 0.1) is 13.2 Å². The number of hydrogen-bond donors (Lipinski definition) is 1. The zero-order chi connectivity index (χ0) is 26.8. The van der Waals surface area contributed by atoms with Gasteiger partial charge >= 0.3 is 5.97 Å². The molecule has 36 heavy (non-hydrogen) atoms. The zero-order valence-electron chi connectivity index (χ0n) is 23.4. The van der Waals surface area contributed by atoms with E-state index in [4.69, 9.17) is 4.74 Å². The van der Waals surface area contributed by atoms with Crippen molar-refractivity contribution in [2.45, 2.75) is 93.1 Å². The molecule has 0 spiro atoms. The van der Waals surface area contributed by atoms with Gasteiger partial charge in [-0.05, 0) is 73.7 Å². The third-order valence-corrected chi connectivity index (χ3v) is 11.0. The van der Waals surface area contributed by atoms with Crippen LogP contribution in [0.3, 0.4) is 0 Å². The van der Waals surface area contributed by atoms with Gasteiger partial charge in [-0.15, -0.1) is 0 Å². The average Bonchev–Trinajstić information content (AvgIpc) is 3.00. The van der Waals surface area contributed by atoms with Gasteiger partial charge in [0.2, 0.25) is 0 Å². The van der Waals surface area contributed by atoms with Crippen molar-refractivity contribution in [2.75, 3.05) is 7.11 Å². The van der Waals surface area contributed by atoms with E-state index in [2.05, 4.69) is 27.7 Å². The summed E-state index contributed by atoms with van der Waals surface area (Å²) in [7, 11) is 1.39. The fourth-order valence-electron chi connectivity index (χ4n) is 8.95. The topological polar surface area (TPSA) is 80.7 Å². The molecule has 0 aliphatic heterocycles. The van der Waals surface area contributed by atoms with E-state index in [-0.39, 0.29) is 46.1 Å². The highest BCUT2D eigenvalue weighted by Gasteiger charge is 2.67. The number of Topliss-reactive ketones (excluding diaryl/α,β-unsaturated/α-hetero) is 1. The van der Waals surface area contributed by atoms with E-state index in [1.807, 2.05) is 26.0 Å². The van der Waals surface area contributed by atoms with E-state index in [0.717, 1.165) is 31.3 Å². The number of fused-ring (bicyclic) bond motifs is 4. The summed E-state index contributed by atoms with van der Waals surface area (Å²) in [6.07, 6.45) is 9.49. The molecule has 4 aliphatic rings. The van der Waals surface area contributed by atoms with Crippen molar-refractivity contribution >= 4 is 17.5 Å². The first kappa shape index (κ1) is 27.0. The van der Waals surface area contributed by atoms with Crippen LogP contribution in [0.15, 0.2) is 34.9 Å². The Kier molecular flexibility index (Phi) is 6.60. The highest BCUT2D eigenvalue weighted by Crippen LogP contribution is 2.71. The minimum atomic E-state index is -0.494. The summed E-state index contributed by atoms with van der Waals surface area (Å²) in [5, 5.41) is 11.5. The summed E-state index contributed by atoms with van der Waals surface area (Å²) >= 11 is 0. The van der Waals surface area contributed by atoms with E-state index in [0.29, 0.717) is 18.4 Å². The highest BCUT2D eigenvalue weighted by molar-refractivity contribution is 6.02. The van der Waals surface area contributed by atoms with Gasteiger partial charge in [-0.1, -0.05) is 59.3 Å². The van der Waals surface area contributed by atoms with Crippen molar-refractivity contribution in [2.24, 2.45) is 39.4 Å². The molecule has 0 aromatic rings. The molecule has 0 saturated heterocycles. The normalized spacial score (nSPS) is 40.5. The van der Waals surface area contributed by atoms with Gasteiger partial charge < -0.3 is 9.84 Å². The van der Waals surface area contributed by atoms with Gasteiger partial charge in [0, 0.05) is 28.4 Å². The molecule has 5 heteroatoms. The fourth-order valence-corrected chi connectivity index (χ4v) is 8.95. The number of aliphatic hydroxyl groups excluding tert-OH is 1. The maximum absolute atomic E-state index is 14.0. The summed E-state index contributed by atoms with van der Waals surface area (Å²) in [6, 6.07) is 0. The summed E-state index contributed by atoms with van der Waals surface area (Å²) < 4.78 is 4.80. The Labute approximate surface area is 216 Å². The number of ketones is 2. The Bertz CT molecular complexity index is 1080. The Morgan fingerprint density at radius 3 is 2.53 bits per heavy atom. The van der Waals surface area contributed by atoms with Gasteiger partial charge in [-0.2, -0.15) is 0 Å². The van der Waals surface area contributed by atoms with Crippen LogP contribution in [-0.4, -0.2) is 35.9 Å². The Morgan fingerprint density at radius 1 is 1.22 bits per heavy atom. The second-order valence-corrected chi connectivity index (χ2v) is 13.2. The monoisotopic (exact) mass is 496 g/mol. The van der Waals surface area contributed by atoms with Crippen molar-refractivity contribution in [3.8, 4) is 0 Å². The van der Waals surface area contributed by atoms with Crippen molar-refractivity contribution in [1.29, 1.82) is 0 Å². The average molecular weight is 497 g/mol. The van der Waals surface area contributed by atoms with Gasteiger partial charge in [0.15, 0.2) is 11.6 Å². The lowest BCUT2D eigenvalue weighted by Crippen LogP contribution is -2.54. The van der Waals surface area contributed by atoms with Crippen LogP contribution in [0.25, 0.3) is 0 Å². The van der Waals surface area contributed by atoms with Crippen LogP contribution in [0.1, 0.15) is 87.0 Å². The standard InChI is InChI=1S/C31H44O5/c1-18(10-9-11-19(2)27(35)36-8)25-21(32)16-30(6)20-12-13-23-28(3,4)24(34)14-15-29(23,5)26(20)22(33)17-31(25,30)7/h11,14-15,18,21,23,25,32H,9-10,12-13,16-17H2,1-8H3/t18-,21+,23+,25+,29+,30+,31-/m1/s1. The summed E-state index contributed by atoms with van der Waals surface area (Å²) in [5.74, 6) is 0.323. The smallest absolute Gasteiger partial charge is 0.333 e. The lowest BCUT2D eigenvalue weighted by Gasteiger charge is -2.58. The Morgan fingerprint density at radius 2 is 1.89 bits per heavy atom. The first-order valence-electron chi connectivity index (χ1n) is 13.6. The van der Waals surface area contributed by atoms with Crippen LogP contribution >= 0.6 is 0 Å². The maximum atomic E-state index is 14.0. The number of methoxy groups -OCH3 is 1. The summed E-state index contributed by atoms with van der Waals surface area (Å²) in [4.78, 5) is 38.5. The first-order chi connectivity index (χ1) is 16.6. The van der Waals surface area contributed by atoms with Gasteiger partial charge in [-0.3, -0.25) is 9.59 Å². The molecule has 1 fully saturated rings. The largest absolute Gasteiger partial charge is 0.466 e. The minimum absolute atomic E-state index is 0.00206. The molecule has 198 valence electrons. The highest BCUT2D eigenvalue weighted by atomic mass is 16.5. The van der Waals surface area contributed by atoms with Crippen molar-refractivity contribution < 1.29 is 24.2 Å². The third kappa shape index (κ3) is 3.63. The predicted molar refractivity (Wildman–Crippen MR) is 140 cm³/mol. The molecule has 4 rings (SSSR count). The van der Waals surface area contributed by atoms with Crippen LogP contribution in [0.2, 0.25) is 0 Å². The number of allylic oxidation sites excluding steroid dienone is 5. The number of aliphatic hydroxyl groups is 1. The van der Waals surface area contributed by atoms with Gasteiger partial charge in [-0.25, -0.2) is 4.79 Å². The number of hydrogen-bond acceptors (Lipinski definition) is 5. The molecular weight excluding hydrogens is 452 g/mol. The summed E-state index contributed by atoms with van der Waals surface area (Å²) in [6.45, 7) is 14.6. The van der Waals surface area contributed by atoms with Crippen LogP contribution in [0.5, 0.6) is 0 Å². The Hall–Kier alpha value is -2.01. The third-order valence-electron chi connectivity index (χ3n) is 11.0. The van der Waals surface area contributed by atoms with E-state index >= 15 is 0 Å². The number of carbonyl (C=O) groups excluding carboxylic acids is 3. The van der Waals surface area contributed by atoms with Crippen molar-refractivity contribution in [3.05, 3.63) is 34.9 Å². The van der Waals surface area contributed by atoms with Gasteiger partial charge in [0.1, 0.15) is 0 Å². The molecule has 0 amide bonds. The number of esters is 1.